The summed E-state index contributed by atoms with van der Waals surface area (Å²) >= 11 is 1.76. The Morgan fingerprint density at radius 3 is 2.77 bits per heavy atom. The number of nitrogens with zero attached hydrogens (tertiary/aromatic N) is 1. The summed E-state index contributed by atoms with van der Waals surface area (Å²) in [5.41, 5.74) is 1.30. The molecule has 0 saturated carbocycles. The Balaban J connectivity index is 1.43. The molecule has 0 spiro atoms. The highest BCUT2D eigenvalue weighted by Gasteiger charge is 2.24. The van der Waals surface area contributed by atoms with E-state index in [-0.39, 0.29) is 6.03 Å². The quantitative estimate of drug-likeness (QED) is 0.782. The van der Waals surface area contributed by atoms with Gasteiger partial charge in [0, 0.05) is 36.9 Å². The van der Waals surface area contributed by atoms with Crippen LogP contribution in [0, 0.1) is 5.92 Å². The van der Waals surface area contributed by atoms with E-state index in [9.17, 15) is 4.79 Å². The average molecular weight is 376 g/mol. The van der Waals surface area contributed by atoms with Crippen molar-refractivity contribution in [3.8, 4) is 0 Å². The number of morpholine rings is 1. The molecule has 2 amide bonds. The Morgan fingerprint density at radius 2 is 2.00 bits per heavy atom. The summed E-state index contributed by atoms with van der Waals surface area (Å²) in [7, 11) is 0. The fraction of sp³-hybridized carbons (Fsp3) is 0.550. The van der Waals surface area contributed by atoms with Crippen molar-refractivity contribution in [1.29, 1.82) is 0 Å². The normalized spacial score (nSPS) is 16.7. The summed E-state index contributed by atoms with van der Waals surface area (Å²) in [5.74, 6) is 0.491. The van der Waals surface area contributed by atoms with Crippen molar-refractivity contribution in [1.82, 2.24) is 15.5 Å². The molecule has 2 aromatic rings. The van der Waals surface area contributed by atoms with Gasteiger partial charge in [-0.2, -0.15) is 0 Å². The molecule has 1 aromatic heterocycles. The highest BCUT2D eigenvalue weighted by atomic mass is 32.1. The zero-order valence-corrected chi connectivity index (χ0v) is 16.5. The van der Waals surface area contributed by atoms with Crippen molar-refractivity contribution in [2.45, 2.75) is 26.3 Å². The van der Waals surface area contributed by atoms with Crippen LogP contribution < -0.4 is 10.6 Å². The first-order valence-electron chi connectivity index (χ1n) is 9.43. The van der Waals surface area contributed by atoms with Crippen LogP contribution in [0.25, 0.3) is 10.1 Å². The number of rotatable bonds is 7. The third-order valence-electron chi connectivity index (χ3n) is 5.00. The van der Waals surface area contributed by atoms with Crippen molar-refractivity contribution < 1.29 is 9.53 Å². The van der Waals surface area contributed by atoms with Gasteiger partial charge in [0.05, 0.1) is 13.2 Å². The predicted octanol–water partition coefficient (Wildman–Crippen LogP) is 3.10. The summed E-state index contributed by atoms with van der Waals surface area (Å²) in [6.45, 7) is 9.19. The Labute approximate surface area is 159 Å². The first-order valence-corrected chi connectivity index (χ1v) is 10.3. The molecule has 5 nitrogen and oxygen atoms in total. The van der Waals surface area contributed by atoms with E-state index in [1.807, 2.05) is 0 Å². The number of hydrogen-bond acceptors (Lipinski definition) is 4. The molecular formula is C20H29N3O2S. The van der Waals surface area contributed by atoms with E-state index in [0.717, 1.165) is 32.7 Å². The zero-order valence-electron chi connectivity index (χ0n) is 15.7. The van der Waals surface area contributed by atoms with E-state index in [1.165, 1.54) is 15.6 Å². The summed E-state index contributed by atoms with van der Waals surface area (Å²) in [6, 6.07) is 8.69. The highest BCUT2D eigenvalue weighted by molar-refractivity contribution is 7.17. The largest absolute Gasteiger partial charge is 0.379 e. The van der Waals surface area contributed by atoms with E-state index in [2.05, 4.69) is 59.0 Å². The molecular weight excluding hydrogens is 346 g/mol. The van der Waals surface area contributed by atoms with Crippen LogP contribution in [0.4, 0.5) is 4.79 Å². The van der Waals surface area contributed by atoms with Gasteiger partial charge in [0.1, 0.15) is 0 Å². The van der Waals surface area contributed by atoms with Crippen LogP contribution in [-0.2, 0) is 11.2 Å². The van der Waals surface area contributed by atoms with Gasteiger partial charge < -0.3 is 15.4 Å². The molecule has 1 aliphatic heterocycles. The maximum absolute atomic E-state index is 12.2. The van der Waals surface area contributed by atoms with Gasteiger partial charge in [0.15, 0.2) is 0 Å². The van der Waals surface area contributed by atoms with Crippen molar-refractivity contribution in [2.75, 3.05) is 39.4 Å². The summed E-state index contributed by atoms with van der Waals surface area (Å²) in [5, 5.41) is 9.53. The maximum atomic E-state index is 12.2. The molecule has 3 rings (SSSR count). The van der Waals surface area contributed by atoms with Crippen LogP contribution in [0.1, 0.15) is 19.4 Å². The van der Waals surface area contributed by atoms with Crippen LogP contribution in [0.5, 0.6) is 0 Å². The van der Waals surface area contributed by atoms with Crippen molar-refractivity contribution in [3.63, 3.8) is 0 Å². The van der Waals surface area contributed by atoms with Gasteiger partial charge in [-0.25, -0.2) is 4.79 Å². The Hall–Kier alpha value is -1.63. The average Bonchev–Trinajstić information content (AvgIpc) is 3.06. The standard InChI is InChI=1S/C20H29N3O2S/c1-15(2)18(23-9-11-25-12-10-23)13-22-20(24)21-8-7-16-14-26-19-6-4-3-5-17(16)19/h3-6,14-15,18H,7-13H2,1-2H3,(H2,21,22,24). The van der Waals surface area contributed by atoms with Crippen LogP contribution in [0.2, 0.25) is 0 Å². The van der Waals surface area contributed by atoms with E-state index in [0.29, 0.717) is 25.0 Å². The summed E-state index contributed by atoms with van der Waals surface area (Å²) in [6.07, 6.45) is 0.856. The summed E-state index contributed by atoms with van der Waals surface area (Å²) < 4.78 is 6.74. The Kier molecular flexibility index (Phi) is 6.88. The molecule has 1 saturated heterocycles. The Bertz CT molecular complexity index is 710. The fourth-order valence-electron chi connectivity index (χ4n) is 3.49. The second kappa shape index (κ2) is 9.35. The summed E-state index contributed by atoms with van der Waals surface area (Å²) in [4.78, 5) is 14.6. The number of ether oxygens (including phenoxy) is 1. The third kappa shape index (κ3) is 4.96. The minimum absolute atomic E-state index is 0.0801. The minimum Gasteiger partial charge on any atom is -0.379 e. The molecule has 0 aliphatic carbocycles. The van der Waals surface area contributed by atoms with Gasteiger partial charge in [-0.3, -0.25) is 4.90 Å². The van der Waals surface area contributed by atoms with Crippen LogP contribution in [0.3, 0.4) is 0 Å². The molecule has 1 aromatic carbocycles. The number of benzene rings is 1. The molecule has 26 heavy (non-hydrogen) atoms. The Morgan fingerprint density at radius 1 is 1.23 bits per heavy atom. The smallest absolute Gasteiger partial charge is 0.314 e. The molecule has 6 heteroatoms. The third-order valence-corrected chi connectivity index (χ3v) is 6.01. The van der Waals surface area contributed by atoms with E-state index >= 15 is 0 Å². The molecule has 1 aliphatic rings. The van der Waals surface area contributed by atoms with Crippen LogP contribution in [-0.4, -0.2) is 56.4 Å². The maximum Gasteiger partial charge on any atom is 0.314 e. The number of carbonyl (C=O) groups excluding carboxylic acids is 1. The van der Waals surface area contributed by atoms with Crippen LogP contribution >= 0.6 is 11.3 Å². The van der Waals surface area contributed by atoms with E-state index in [4.69, 9.17) is 4.74 Å². The molecule has 142 valence electrons. The monoisotopic (exact) mass is 375 g/mol. The number of urea groups is 1. The van der Waals surface area contributed by atoms with Crippen molar-refractivity contribution in [3.05, 3.63) is 35.2 Å². The van der Waals surface area contributed by atoms with Gasteiger partial charge in [-0.15, -0.1) is 11.3 Å². The first kappa shape index (κ1) is 19.1. The lowest BCUT2D eigenvalue weighted by Gasteiger charge is -2.36. The van der Waals surface area contributed by atoms with Gasteiger partial charge in [0.2, 0.25) is 0 Å². The molecule has 0 radical (unpaired) electrons. The molecule has 2 heterocycles. The number of hydrogen-bond donors (Lipinski definition) is 2. The molecule has 1 atom stereocenters. The van der Waals surface area contributed by atoms with E-state index < -0.39 is 0 Å². The van der Waals surface area contributed by atoms with Crippen molar-refractivity contribution >= 4 is 27.5 Å². The second-order valence-electron chi connectivity index (χ2n) is 7.10. The predicted molar refractivity (Wildman–Crippen MR) is 108 cm³/mol. The number of amides is 2. The van der Waals surface area contributed by atoms with Crippen molar-refractivity contribution in [2.24, 2.45) is 5.92 Å². The lowest BCUT2D eigenvalue weighted by atomic mass is 10.0. The number of fused-ring (bicyclic) bond motifs is 1. The number of nitrogens with one attached hydrogen (secondary N) is 2. The van der Waals surface area contributed by atoms with Gasteiger partial charge in [0.25, 0.3) is 0 Å². The van der Waals surface area contributed by atoms with E-state index in [1.54, 1.807) is 11.3 Å². The molecule has 1 fully saturated rings. The van der Waals surface area contributed by atoms with Crippen LogP contribution in [0.15, 0.2) is 29.6 Å². The zero-order chi connectivity index (χ0) is 18.4. The lowest BCUT2D eigenvalue weighted by Crippen LogP contribution is -2.52. The second-order valence-corrected chi connectivity index (χ2v) is 8.01. The SMILES string of the molecule is CC(C)C(CNC(=O)NCCc1csc2ccccc12)N1CCOCC1. The fourth-order valence-corrected chi connectivity index (χ4v) is 4.49. The molecule has 1 unspecified atom stereocenters. The van der Waals surface area contributed by atoms with Gasteiger partial charge in [-0.1, -0.05) is 32.0 Å². The highest BCUT2D eigenvalue weighted by Crippen LogP contribution is 2.25. The lowest BCUT2D eigenvalue weighted by molar-refractivity contribution is 0.00720. The minimum atomic E-state index is -0.0801. The molecule has 2 N–H and O–H groups in total. The first-order chi connectivity index (χ1) is 12.6. The topological polar surface area (TPSA) is 53.6 Å². The number of carbonyl (C=O) groups is 1. The number of thiophene rings is 1. The van der Waals surface area contributed by atoms with Gasteiger partial charge >= 0.3 is 6.03 Å². The van der Waals surface area contributed by atoms with Gasteiger partial charge in [-0.05, 0) is 34.7 Å². The molecule has 0 bridgehead atoms.